The molecule has 0 unspecified atom stereocenters. The number of aromatic nitrogens is 2. The Hall–Kier alpha value is -1.39. The zero-order valence-electron chi connectivity index (χ0n) is 5.43. The predicted molar refractivity (Wildman–Crippen MR) is 33.4 cm³/mol. The third-order valence-corrected chi connectivity index (χ3v) is 1.11. The number of nitrogen functional groups attached to an aromatic ring is 1. The Morgan fingerprint density at radius 1 is 1.80 bits per heavy atom. The zero-order valence-corrected chi connectivity index (χ0v) is 5.43. The van der Waals surface area contributed by atoms with Gasteiger partial charge in [0.1, 0.15) is 0 Å². The van der Waals surface area contributed by atoms with Crippen LogP contribution in [0.15, 0.2) is 6.20 Å². The molecule has 0 aliphatic heterocycles. The highest BCUT2D eigenvalue weighted by Gasteiger charge is 1.98. The number of aryl methyl sites for hydroxylation is 1. The predicted octanol–water partition coefficient (Wildman–Crippen LogP) is -0.379. The minimum atomic E-state index is -0.599. The van der Waals surface area contributed by atoms with E-state index in [-0.39, 0.29) is 11.4 Å². The summed E-state index contributed by atoms with van der Waals surface area (Å²) in [5.74, 6) is -0.832. The van der Waals surface area contributed by atoms with E-state index in [0.29, 0.717) is 0 Å². The molecule has 0 radical (unpaired) electrons. The average Bonchev–Trinajstić information content (AvgIpc) is 1.84. The molecule has 0 saturated carbocycles. The number of anilines is 1. The van der Waals surface area contributed by atoms with E-state index in [0.717, 1.165) is 6.20 Å². The Labute approximate surface area is 56.6 Å². The molecular weight excluding hydrogens is 135 g/mol. The number of rotatable bonds is 0. The first-order valence-corrected chi connectivity index (χ1v) is 2.64. The lowest BCUT2D eigenvalue weighted by atomic mass is 10.5. The molecule has 54 valence electrons. The molecule has 0 spiro atoms. The zero-order chi connectivity index (χ0) is 7.72. The highest BCUT2D eigenvalue weighted by molar-refractivity contribution is 5.25. The van der Waals surface area contributed by atoms with Gasteiger partial charge < -0.3 is 10.3 Å². The van der Waals surface area contributed by atoms with E-state index in [1.165, 1.54) is 11.6 Å². The molecule has 1 heterocycles. The van der Waals surface area contributed by atoms with Crippen LogP contribution in [0.2, 0.25) is 0 Å². The van der Waals surface area contributed by atoms with Crippen LogP contribution in [-0.2, 0) is 7.05 Å². The molecule has 3 N–H and O–H groups in total. The summed E-state index contributed by atoms with van der Waals surface area (Å²) < 4.78 is 13.7. The molecule has 0 aliphatic carbocycles. The molecular formula is C5H7FN4. The average molecular weight is 142 g/mol. The van der Waals surface area contributed by atoms with Crippen molar-refractivity contribution < 1.29 is 4.39 Å². The Balaban J connectivity index is 3.43. The number of nitrogens with one attached hydrogen (secondary N) is 1. The summed E-state index contributed by atoms with van der Waals surface area (Å²) in [5.41, 5.74) is 5.01. The third-order valence-electron chi connectivity index (χ3n) is 1.11. The Morgan fingerprint density at radius 2 is 2.40 bits per heavy atom. The van der Waals surface area contributed by atoms with E-state index in [1.54, 1.807) is 0 Å². The third kappa shape index (κ3) is 0.975. The topological polar surface area (TPSA) is 67.7 Å². The van der Waals surface area contributed by atoms with Crippen molar-refractivity contribution in [1.82, 2.24) is 9.55 Å². The molecule has 10 heavy (non-hydrogen) atoms. The van der Waals surface area contributed by atoms with Crippen LogP contribution >= 0.6 is 0 Å². The maximum Gasteiger partial charge on any atom is 0.223 e. The number of hydrogen-bond acceptors (Lipinski definition) is 3. The van der Waals surface area contributed by atoms with Gasteiger partial charge in [0, 0.05) is 13.2 Å². The van der Waals surface area contributed by atoms with Crippen molar-refractivity contribution in [1.29, 1.82) is 5.41 Å². The van der Waals surface area contributed by atoms with Crippen LogP contribution in [0.4, 0.5) is 10.2 Å². The van der Waals surface area contributed by atoms with E-state index in [9.17, 15) is 4.39 Å². The van der Waals surface area contributed by atoms with Gasteiger partial charge >= 0.3 is 0 Å². The summed E-state index contributed by atoms with van der Waals surface area (Å²) in [6, 6.07) is 0. The number of hydrogen-bond donors (Lipinski definition) is 2. The highest BCUT2D eigenvalue weighted by atomic mass is 19.1. The lowest BCUT2D eigenvalue weighted by molar-refractivity contribution is 0.591. The standard InChI is InChI=1S/C5H7FN4/c1-10-2-3(6)4(7)9-5(10)8/h2H,1H3,(H3,7,8,9). The van der Waals surface area contributed by atoms with Crippen LogP contribution in [0.25, 0.3) is 0 Å². The van der Waals surface area contributed by atoms with Gasteiger partial charge in [-0.3, -0.25) is 5.41 Å². The largest absolute Gasteiger partial charge is 0.381 e. The summed E-state index contributed by atoms with van der Waals surface area (Å²) >= 11 is 0. The van der Waals surface area contributed by atoms with Gasteiger partial charge in [0.15, 0.2) is 11.6 Å². The molecule has 0 aliphatic rings. The fourth-order valence-electron chi connectivity index (χ4n) is 0.544. The Morgan fingerprint density at radius 3 is 2.90 bits per heavy atom. The van der Waals surface area contributed by atoms with Crippen LogP contribution in [0, 0.1) is 11.2 Å². The van der Waals surface area contributed by atoms with E-state index in [2.05, 4.69) is 4.98 Å². The quantitative estimate of drug-likeness (QED) is 0.518. The van der Waals surface area contributed by atoms with E-state index >= 15 is 0 Å². The van der Waals surface area contributed by atoms with Crippen LogP contribution in [0.1, 0.15) is 0 Å². The first-order chi connectivity index (χ1) is 4.61. The number of nitrogens with zero attached hydrogens (tertiary/aromatic N) is 2. The molecule has 0 atom stereocenters. The van der Waals surface area contributed by atoms with Gasteiger partial charge in [-0.25, -0.2) is 4.39 Å². The van der Waals surface area contributed by atoms with Crippen molar-refractivity contribution in [2.75, 3.05) is 5.73 Å². The minimum Gasteiger partial charge on any atom is -0.381 e. The van der Waals surface area contributed by atoms with Crippen molar-refractivity contribution in [3.8, 4) is 0 Å². The van der Waals surface area contributed by atoms with E-state index in [4.69, 9.17) is 11.1 Å². The van der Waals surface area contributed by atoms with Gasteiger partial charge in [0.05, 0.1) is 0 Å². The second-order valence-corrected chi connectivity index (χ2v) is 1.91. The molecule has 0 saturated heterocycles. The molecule has 0 bridgehead atoms. The summed E-state index contributed by atoms with van der Waals surface area (Å²) in [4.78, 5) is 3.41. The van der Waals surface area contributed by atoms with Gasteiger partial charge in [0.25, 0.3) is 0 Å². The molecule has 0 aromatic carbocycles. The summed E-state index contributed by atoms with van der Waals surface area (Å²) in [5, 5.41) is 7.06. The van der Waals surface area contributed by atoms with E-state index in [1.807, 2.05) is 0 Å². The van der Waals surface area contributed by atoms with Crippen LogP contribution in [0.5, 0.6) is 0 Å². The van der Waals surface area contributed by atoms with Crippen LogP contribution in [-0.4, -0.2) is 9.55 Å². The summed E-state index contributed by atoms with van der Waals surface area (Å²) in [7, 11) is 1.53. The second kappa shape index (κ2) is 2.09. The van der Waals surface area contributed by atoms with Crippen molar-refractivity contribution in [2.24, 2.45) is 7.05 Å². The van der Waals surface area contributed by atoms with Crippen molar-refractivity contribution in [3.05, 3.63) is 17.6 Å². The maximum absolute atomic E-state index is 12.5. The Kier molecular flexibility index (Phi) is 1.41. The fourth-order valence-corrected chi connectivity index (χ4v) is 0.544. The number of halogens is 1. The second-order valence-electron chi connectivity index (χ2n) is 1.91. The molecule has 1 aromatic heterocycles. The Bertz CT molecular complexity index is 303. The summed E-state index contributed by atoms with van der Waals surface area (Å²) in [6.45, 7) is 0. The van der Waals surface area contributed by atoms with Crippen LogP contribution in [0.3, 0.4) is 0 Å². The fraction of sp³-hybridized carbons (Fsp3) is 0.200. The van der Waals surface area contributed by atoms with Crippen molar-refractivity contribution in [3.63, 3.8) is 0 Å². The normalized spacial score (nSPS) is 9.80. The molecule has 5 heteroatoms. The molecule has 4 nitrogen and oxygen atoms in total. The van der Waals surface area contributed by atoms with Gasteiger partial charge in [-0.1, -0.05) is 0 Å². The van der Waals surface area contributed by atoms with Gasteiger partial charge in [-0.2, -0.15) is 4.98 Å². The van der Waals surface area contributed by atoms with Gasteiger partial charge in [0.2, 0.25) is 5.62 Å². The van der Waals surface area contributed by atoms with Gasteiger partial charge in [-0.05, 0) is 0 Å². The maximum atomic E-state index is 12.5. The van der Waals surface area contributed by atoms with Crippen molar-refractivity contribution >= 4 is 5.82 Å². The number of nitrogens with two attached hydrogens (primary N) is 1. The van der Waals surface area contributed by atoms with Crippen molar-refractivity contribution in [2.45, 2.75) is 0 Å². The summed E-state index contributed by atoms with van der Waals surface area (Å²) in [6.07, 6.45) is 1.12. The monoisotopic (exact) mass is 142 g/mol. The van der Waals surface area contributed by atoms with Crippen LogP contribution < -0.4 is 11.4 Å². The first kappa shape index (κ1) is 6.73. The lowest BCUT2D eigenvalue weighted by Crippen LogP contribution is -2.21. The first-order valence-electron chi connectivity index (χ1n) is 2.64. The van der Waals surface area contributed by atoms with E-state index < -0.39 is 5.82 Å². The van der Waals surface area contributed by atoms with Gasteiger partial charge in [-0.15, -0.1) is 0 Å². The molecule has 0 fully saturated rings. The molecule has 1 aromatic rings. The lowest BCUT2D eigenvalue weighted by Gasteiger charge is -1.98. The molecule has 0 amide bonds. The minimum absolute atomic E-state index is 0.0566. The smallest absolute Gasteiger partial charge is 0.223 e. The highest BCUT2D eigenvalue weighted by Crippen LogP contribution is 1.98. The SMILES string of the molecule is Cn1cc(F)c(N)nc1=N. The molecule has 1 rings (SSSR count).